The lowest BCUT2D eigenvalue weighted by Gasteiger charge is -2.38. The van der Waals surface area contributed by atoms with Gasteiger partial charge in [0, 0.05) is 25.4 Å². The average molecular weight is 592 g/mol. The third kappa shape index (κ3) is 7.10. The Hall–Kier alpha value is -2.34. The minimum absolute atomic E-state index is 0.0574. The lowest BCUT2D eigenvalue weighted by Crippen LogP contribution is -2.61. The van der Waals surface area contributed by atoms with E-state index in [4.69, 9.17) is 4.74 Å². The number of nitrogens with one attached hydrogen (secondary N) is 2. The van der Waals surface area contributed by atoms with Crippen LogP contribution in [0.2, 0.25) is 0 Å². The van der Waals surface area contributed by atoms with Crippen LogP contribution in [0.3, 0.4) is 0 Å². The van der Waals surface area contributed by atoms with Crippen LogP contribution < -0.4 is 10.6 Å². The minimum Gasteiger partial charge on any atom is -0.467 e. The number of aromatic nitrogens is 2. The molecule has 40 heavy (non-hydrogen) atoms. The maximum absolute atomic E-state index is 14.2. The van der Waals surface area contributed by atoms with Crippen LogP contribution in [0.25, 0.3) is 0 Å². The normalized spacial score (nSPS) is 22.8. The number of rotatable bonds is 7. The molecule has 0 radical (unpaired) electrons. The number of ether oxygens (including phenoxy) is 1. The van der Waals surface area contributed by atoms with Crippen molar-refractivity contribution in [3.8, 4) is 0 Å². The van der Waals surface area contributed by atoms with E-state index < -0.39 is 41.3 Å². The van der Waals surface area contributed by atoms with Crippen LogP contribution in [0.4, 0.5) is 0 Å². The Morgan fingerprint density at radius 1 is 1.05 bits per heavy atom. The number of hydrogen-bond donors (Lipinski definition) is 2. The molecule has 0 unspecified atom stereocenters. The number of hydrogen-bond acceptors (Lipinski definition) is 9. The monoisotopic (exact) mass is 591 g/mol. The third-order valence-electron chi connectivity index (χ3n) is 7.95. The van der Waals surface area contributed by atoms with Crippen molar-refractivity contribution in [1.29, 1.82) is 0 Å². The molecule has 1 aromatic rings. The van der Waals surface area contributed by atoms with Crippen LogP contribution in [0.5, 0.6) is 0 Å². The molecule has 1 aliphatic carbocycles. The molecule has 3 fully saturated rings. The Morgan fingerprint density at radius 2 is 1.75 bits per heavy atom. The summed E-state index contributed by atoms with van der Waals surface area (Å²) in [5, 5.41) is 5.90. The van der Waals surface area contributed by atoms with Crippen molar-refractivity contribution in [2.24, 2.45) is 11.3 Å². The molecule has 12 heteroatoms. The van der Waals surface area contributed by atoms with E-state index in [-0.39, 0.29) is 21.6 Å². The fourth-order valence-corrected chi connectivity index (χ4v) is 9.14. The van der Waals surface area contributed by atoms with Crippen LogP contribution in [0.15, 0.2) is 18.6 Å². The largest absolute Gasteiger partial charge is 0.467 e. The molecule has 3 heterocycles. The topological polar surface area (TPSA) is 131 Å². The molecular weight excluding hydrogens is 550 g/mol. The third-order valence-corrected chi connectivity index (χ3v) is 11.3. The minimum atomic E-state index is -0.902. The zero-order valence-electron chi connectivity index (χ0n) is 23.8. The number of nitrogens with zero attached hydrogens (tertiary/aromatic N) is 3. The number of esters is 1. The Kier molecular flexibility index (Phi) is 10.0. The van der Waals surface area contributed by atoms with E-state index in [0.717, 1.165) is 50.0 Å². The summed E-state index contributed by atoms with van der Waals surface area (Å²) in [6.45, 7) is 6.10. The number of likely N-dealkylation sites (tertiary alicyclic amines) is 1. The fourth-order valence-electron chi connectivity index (χ4n) is 5.79. The molecule has 3 atom stereocenters. The highest BCUT2D eigenvalue weighted by atomic mass is 32.2. The van der Waals surface area contributed by atoms with Gasteiger partial charge < -0.3 is 20.3 Å². The number of thioether (sulfide) groups is 2. The molecule has 3 amide bonds. The zero-order chi connectivity index (χ0) is 28.9. The Morgan fingerprint density at radius 3 is 2.35 bits per heavy atom. The predicted octanol–water partition coefficient (Wildman–Crippen LogP) is 3.03. The predicted molar refractivity (Wildman–Crippen MR) is 156 cm³/mol. The van der Waals surface area contributed by atoms with E-state index in [1.54, 1.807) is 28.4 Å². The molecular formula is C28H41N5O5S2. The summed E-state index contributed by atoms with van der Waals surface area (Å²) in [5.41, 5.74) is -0.521. The van der Waals surface area contributed by atoms with Gasteiger partial charge in [-0.3, -0.25) is 19.4 Å². The molecule has 220 valence electrons. The molecule has 2 saturated heterocycles. The second-order valence-corrected chi connectivity index (χ2v) is 15.1. The summed E-state index contributed by atoms with van der Waals surface area (Å²) in [7, 11) is 1.34. The first-order chi connectivity index (χ1) is 19.0. The second-order valence-electron chi connectivity index (χ2n) is 11.9. The van der Waals surface area contributed by atoms with E-state index in [1.807, 2.05) is 20.8 Å². The summed E-state index contributed by atoms with van der Waals surface area (Å²) in [4.78, 5) is 63.6. The summed E-state index contributed by atoms with van der Waals surface area (Å²) < 4.78 is 4.85. The van der Waals surface area contributed by atoms with Gasteiger partial charge in [-0.05, 0) is 42.1 Å². The number of methoxy groups -OCH3 is 1. The first kappa shape index (κ1) is 30.6. The Balaban J connectivity index is 1.57. The van der Waals surface area contributed by atoms with Crippen molar-refractivity contribution in [1.82, 2.24) is 25.5 Å². The van der Waals surface area contributed by atoms with Crippen LogP contribution >= 0.6 is 23.5 Å². The first-order valence-electron chi connectivity index (χ1n) is 14.1. The van der Waals surface area contributed by atoms with Crippen molar-refractivity contribution in [3.63, 3.8) is 0 Å². The molecule has 1 aromatic heterocycles. The first-order valence-corrected chi connectivity index (χ1v) is 16.1. The maximum atomic E-state index is 14.2. The lowest BCUT2D eigenvalue weighted by molar-refractivity contribution is -0.153. The molecule has 1 spiro atoms. The van der Waals surface area contributed by atoms with Crippen molar-refractivity contribution < 1.29 is 23.9 Å². The van der Waals surface area contributed by atoms with E-state index >= 15 is 0 Å². The van der Waals surface area contributed by atoms with Gasteiger partial charge in [0.25, 0.3) is 5.91 Å². The highest BCUT2D eigenvalue weighted by Crippen LogP contribution is 2.50. The molecule has 4 rings (SSSR count). The van der Waals surface area contributed by atoms with Gasteiger partial charge in [0.15, 0.2) is 0 Å². The standard InChI is InChI=1S/C28H41N5O5S2/c1-27(2,3)22(25(36)33-17-28(39-13-8-14-40-28)15-20(33)26(37)38-4)32-24(35)21(18-9-6-5-7-10-18)31-23(34)19-16-29-11-12-30-19/h11-12,16,18,20-22H,5-10,13-15,17H2,1-4H3,(H,31,34)(H,32,35)/t20-,21-,22+/m0/s1. The molecule has 10 nitrogen and oxygen atoms in total. The van der Waals surface area contributed by atoms with Gasteiger partial charge in [-0.15, -0.1) is 23.5 Å². The molecule has 2 N–H and O–H groups in total. The molecule has 3 aliphatic rings. The van der Waals surface area contributed by atoms with Crippen molar-refractivity contribution in [3.05, 3.63) is 24.3 Å². The summed E-state index contributed by atoms with van der Waals surface area (Å²) in [6.07, 6.45) is 10.5. The highest BCUT2D eigenvalue weighted by Gasteiger charge is 2.53. The van der Waals surface area contributed by atoms with Crippen LogP contribution in [0.1, 0.15) is 76.2 Å². The van der Waals surface area contributed by atoms with Crippen molar-refractivity contribution >= 4 is 47.2 Å². The number of carbonyl (C=O) groups excluding carboxylic acids is 4. The van der Waals surface area contributed by atoms with Gasteiger partial charge in [-0.2, -0.15) is 0 Å². The van der Waals surface area contributed by atoms with Crippen molar-refractivity contribution in [2.75, 3.05) is 25.2 Å². The molecule has 2 aliphatic heterocycles. The maximum Gasteiger partial charge on any atom is 0.328 e. The van der Waals surface area contributed by atoms with Crippen LogP contribution in [0, 0.1) is 11.3 Å². The SMILES string of the molecule is COC(=O)[C@@H]1CC2(CN1C(=O)[C@@H](NC(=O)[C@@H](NC(=O)c1cnccn1)C1CCCCC1)C(C)(C)C)SCCCS2. The highest BCUT2D eigenvalue weighted by molar-refractivity contribution is 8.18. The summed E-state index contributed by atoms with van der Waals surface area (Å²) in [5.74, 6) is 0.291. The number of carbonyl (C=O) groups is 4. The van der Waals surface area contributed by atoms with Crippen LogP contribution in [-0.4, -0.2) is 85.9 Å². The second kappa shape index (κ2) is 13.1. The lowest BCUT2D eigenvalue weighted by atomic mass is 9.82. The van der Waals surface area contributed by atoms with E-state index in [9.17, 15) is 19.2 Å². The van der Waals surface area contributed by atoms with E-state index in [0.29, 0.717) is 13.0 Å². The van der Waals surface area contributed by atoms with Gasteiger partial charge in [-0.1, -0.05) is 40.0 Å². The average Bonchev–Trinajstić information content (AvgIpc) is 3.32. The Bertz CT molecular complexity index is 1070. The van der Waals surface area contributed by atoms with Gasteiger partial charge in [0.1, 0.15) is 23.8 Å². The van der Waals surface area contributed by atoms with Gasteiger partial charge in [-0.25, -0.2) is 9.78 Å². The van der Waals surface area contributed by atoms with E-state index in [2.05, 4.69) is 20.6 Å². The van der Waals surface area contributed by atoms with Gasteiger partial charge >= 0.3 is 5.97 Å². The van der Waals surface area contributed by atoms with E-state index in [1.165, 1.54) is 25.7 Å². The molecule has 0 aromatic carbocycles. The summed E-state index contributed by atoms with van der Waals surface area (Å²) in [6, 6.07) is -2.43. The molecule has 1 saturated carbocycles. The van der Waals surface area contributed by atoms with Gasteiger partial charge in [0.2, 0.25) is 11.8 Å². The fraction of sp³-hybridized carbons (Fsp3) is 0.714. The number of amides is 3. The smallest absolute Gasteiger partial charge is 0.328 e. The van der Waals surface area contributed by atoms with Crippen molar-refractivity contribution in [2.45, 2.75) is 87.9 Å². The van der Waals surface area contributed by atoms with Gasteiger partial charge in [0.05, 0.1) is 17.4 Å². The Labute approximate surface area is 244 Å². The quantitative estimate of drug-likeness (QED) is 0.460. The molecule has 0 bridgehead atoms. The van der Waals surface area contributed by atoms with Crippen LogP contribution in [-0.2, 0) is 19.1 Å². The summed E-state index contributed by atoms with van der Waals surface area (Å²) >= 11 is 3.61. The zero-order valence-corrected chi connectivity index (χ0v) is 25.4.